The summed E-state index contributed by atoms with van der Waals surface area (Å²) in [6, 6.07) is 1.30. The molecule has 0 aromatic heterocycles. The zero-order chi connectivity index (χ0) is 19.7. The second kappa shape index (κ2) is 7.67. The van der Waals surface area contributed by atoms with Crippen LogP contribution in [0.15, 0.2) is 6.07 Å². The molecule has 2 aliphatic rings. The summed E-state index contributed by atoms with van der Waals surface area (Å²) in [6.45, 7) is -0.536. The minimum atomic E-state index is -4.37. The normalized spacial score (nSPS) is 16.1. The van der Waals surface area contributed by atoms with Gasteiger partial charge in [-0.05, 0) is 60.8 Å². The number of alkyl halides is 3. The number of hydrogen-bond donors (Lipinski definition) is 3. The van der Waals surface area contributed by atoms with Gasteiger partial charge in [0, 0.05) is 12.2 Å². The molecule has 0 unspecified atom stereocenters. The van der Waals surface area contributed by atoms with Crippen molar-refractivity contribution in [2.45, 2.75) is 51.1 Å². The molecular weight excluding hydrogens is 383 g/mol. The topological polar surface area (TPSA) is 87.3 Å². The second-order valence-corrected chi connectivity index (χ2v) is 8.64. The van der Waals surface area contributed by atoms with Crippen LogP contribution in [0.2, 0.25) is 0 Å². The molecule has 0 heterocycles. The van der Waals surface area contributed by atoms with E-state index < -0.39 is 41.1 Å². The van der Waals surface area contributed by atoms with Crippen LogP contribution in [0.25, 0.3) is 0 Å². The average molecular weight is 405 g/mol. The molecule has 3 rings (SSSR count). The van der Waals surface area contributed by atoms with E-state index in [1.165, 1.54) is 11.1 Å². The predicted molar refractivity (Wildman–Crippen MR) is 95.1 cm³/mol. The van der Waals surface area contributed by atoms with Crippen molar-refractivity contribution in [3.05, 3.63) is 28.3 Å². The number of carbonyl (C=O) groups is 1. The van der Waals surface area contributed by atoms with Crippen molar-refractivity contribution >= 4 is 21.7 Å². The summed E-state index contributed by atoms with van der Waals surface area (Å²) in [7, 11) is -4.09. The Morgan fingerprint density at radius 2 is 1.63 bits per heavy atom. The molecule has 0 bridgehead atoms. The first-order chi connectivity index (χ1) is 12.6. The molecule has 0 saturated carbocycles. The molecule has 0 aliphatic heterocycles. The largest absolute Gasteiger partial charge is 0.390 e. The van der Waals surface area contributed by atoms with Crippen LogP contribution in [-0.4, -0.2) is 33.0 Å². The number of aryl methyl sites for hydroxylation is 2. The minimum absolute atomic E-state index is 0.536. The third-order valence-electron chi connectivity index (χ3n) is 4.84. The lowest BCUT2D eigenvalue weighted by molar-refractivity contribution is -0.133. The van der Waals surface area contributed by atoms with E-state index >= 15 is 0 Å². The van der Waals surface area contributed by atoms with E-state index in [1.807, 2.05) is 4.72 Å². The van der Waals surface area contributed by atoms with E-state index in [1.54, 1.807) is 0 Å². The predicted octanol–water partition coefficient (Wildman–Crippen LogP) is 2.61. The number of amides is 2. The van der Waals surface area contributed by atoms with Gasteiger partial charge in [0.15, 0.2) is 0 Å². The number of rotatable bonds is 6. The molecule has 2 aliphatic carbocycles. The maximum atomic E-state index is 12.2. The Labute approximate surface area is 156 Å². The van der Waals surface area contributed by atoms with E-state index in [0.717, 1.165) is 49.7 Å². The van der Waals surface area contributed by atoms with Gasteiger partial charge in [0.05, 0.1) is 6.42 Å². The van der Waals surface area contributed by atoms with Gasteiger partial charge in [-0.2, -0.15) is 13.2 Å². The average Bonchev–Trinajstić information content (AvgIpc) is 3.18. The number of carbonyl (C=O) groups excluding carboxylic acids is 1. The smallest absolute Gasteiger partial charge is 0.307 e. The van der Waals surface area contributed by atoms with Gasteiger partial charge >= 0.3 is 12.2 Å². The van der Waals surface area contributed by atoms with Crippen LogP contribution in [0.5, 0.6) is 0 Å². The zero-order valence-electron chi connectivity index (χ0n) is 14.7. The number of hydrogen-bond acceptors (Lipinski definition) is 4. The fourth-order valence-electron chi connectivity index (χ4n) is 3.72. The number of anilines is 1. The van der Waals surface area contributed by atoms with Gasteiger partial charge in [-0.15, -0.1) is 0 Å². The van der Waals surface area contributed by atoms with E-state index in [0.29, 0.717) is 5.69 Å². The molecule has 0 atom stereocenters. The molecule has 2 amide bonds. The van der Waals surface area contributed by atoms with Crippen LogP contribution in [0.1, 0.15) is 41.5 Å². The Hall–Kier alpha value is -1.81. The first-order valence-electron chi connectivity index (χ1n) is 8.90. The van der Waals surface area contributed by atoms with Crippen molar-refractivity contribution in [2.75, 3.05) is 17.7 Å². The Bertz CT molecular complexity index is 806. The van der Waals surface area contributed by atoms with Crippen molar-refractivity contribution in [1.29, 1.82) is 0 Å². The third kappa shape index (κ3) is 5.13. The summed E-state index contributed by atoms with van der Waals surface area (Å²) in [6.07, 6.45) is 0.0488. The minimum Gasteiger partial charge on any atom is -0.307 e. The lowest BCUT2D eigenvalue weighted by atomic mass is 9.99. The molecule has 0 saturated heterocycles. The molecular formula is C17H22F3N3O3S. The maximum absolute atomic E-state index is 12.2. The van der Waals surface area contributed by atoms with Crippen molar-refractivity contribution in [2.24, 2.45) is 0 Å². The van der Waals surface area contributed by atoms with Crippen LogP contribution in [-0.2, 0) is 35.7 Å². The first kappa shape index (κ1) is 19.9. The first-order valence-corrected chi connectivity index (χ1v) is 10.6. The van der Waals surface area contributed by atoms with Crippen molar-refractivity contribution in [3.63, 3.8) is 0 Å². The Morgan fingerprint density at radius 3 is 2.19 bits per heavy atom. The maximum Gasteiger partial charge on any atom is 0.390 e. The van der Waals surface area contributed by atoms with Crippen molar-refractivity contribution in [3.8, 4) is 0 Å². The van der Waals surface area contributed by atoms with Gasteiger partial charge in [-0.25, -0.2) is 17.9 Å². The van der Waals surface area contributed by atoms with Gasteiger partial charge in [-0.1, -0.05) is 6.07 Å². The molecule has 3 N–H and O–H groups in total. The highest BCUT2D eigenvalue weighted by molar-refractivity contribution is 7.90. The Balaban J connectivity index is 1.62. The monoisotopic (exact) mass is 405 g/mol. The number of nitrogens with one attached hydrogen (secondary N) is 3. The number of fused-ring (bicyclic) bond motifs is 2. The highest BCUT2D eigenvalue weighted by atomic mass is 32.2. The number of halogens is 3. The van der Waals surface area contributed by atoms with E-state index in [-0.39, 0.29) is 0 Å². The van der Waals surface area contributed by atoms with Crippen molar-refractivity contribution < 1.29 is 26.4 Å². The van der Waals surface area contributed by atoms with Crippen LogP contribution in [0, 0.1) is 0 Å². The fourth-order valence-corrected chi connectivity index (χ4v) is 4.54. The molecule has 10 heteroatoms. The fraction of sp³-hybridized carbons (Fsp3) is 0.588. The Kier molecular flexibility index (Phi) is 5.66. The molecule has 150 valence electrons. The highest BCUT2D eigenvalue weighted by Crippen LogP contribution is 2.38. The second-order valence-electron chi connectivity index (χ2n) is 6.91. The van der Waals surface area contributed by atoms with Crippen LogP contribution in [0.4, 0.5) is 23.7 Å². The lowest BCUT2D eigenvalue weighted by Gasteiger charge is -2.16. The molecule has 6 nitrogen and oxygen atoms in total. The Morgan fingerprint density at radius 1 is 1.04 bits per heavy atom. The van der Waals surface area contributed by atoms with Crippen molar-refractivity contribution in [1.82, 2.24) is 10.0 Å². The van der Waals surface area contributed by atoms with E-state index in [4.69, 9.17) is 0 Å². The molecule has 0 fully saturated rings. The summed E-state index contributed by atoms with van der Waals surface area (Å²) in [5.74, 6) is -0.762. The number of sulfonamides is 1. The van der Waals surface area contributed by atoms with Gasteiger partial charge in [0.25, 0.3) is 0 Å². The quantitative estimate of drug-likeness (QED) is 0.635. The number of urea groups is 1. The van der Waals surface area contributed by atoms with Gasteiger partial charge in [-0.3, -0.25) is 0 Å². The van der Waals surface area contributed by atoms with Crippen LogP contribution >= 0.6 is 0 Å². The zero-order valence-corrected chi connectivity index (χ0v) is 15.5. The molecule has 0 spiro atoms. The van der Waals surface area contributed by atoms with Crippen LogP contribution < -0.4 is 15.4 Å². The third-order valence-corrected chi connectivity index (χ3v) is 5.92. The SMILES string of the molecule is O=C(Nc1c2c(cc3c1CCC3)CCC2)NS(=O)(=O)CNCCC(F)(F)F. The summed E-state index contributed by atoms with van der Waals surface area (Å²) < 4.78 is 61.9. The summed E-state index contributed by atoms with van der Waals surface area (Å²) in [5.41, 5.74) is 5.22. The molecule has 0 radical (unpaired) electrons. The highest BCUT2D eigenvalue weighted by Gasteiger charge is 2.27. The van der Waals surface area contributed by atoms with Gasteiger partial charge in [0.1, 0.15) is 5.88 Å². The van der Waals surface area contributed by atoms with E-state index in [9.17, 15) is 26.4 Å². The van der Waals surface area contributed by atoms with Gasteiger partial charge in [0.2, 0.25) is 10.0 Å². The molecule has 27 heavy (non-hydrogen) atoms. The summed E-state index contributed by atoms with van der Waals surface area (Å²) in [5, 5.41) is 4.86. The summed E-state index contributed by atoms with van der Waals surface area (Å²) in [4.78, 5) is 12.2. The number of benzene rings is 1. The molecule has 1 aromatic carbocycles. The lowest BCUT2D eigenvalue weighted by Crippen LogP contribution is -2.40. The van der Waals surface area contributed by atoms with E-state index in [2.05, 4.69) is 16.7 Å². The standard InChI is InChI=1S/C17H22F3N3O3S/c18-17(19,20)7-8-21-10-27(25,26)23-16(24)22-15-13-5-1-3-11(13)9-12-4-2-6-14(12)15/h9,21H,1-8,10H2,(H2,22,23,24). The summed E-state index contributed by atoms with van der Waals surface area (Å²) >= 11 is 0. The molecule has 1 aromatic rings. The van der Waals surface area contributed by atoms with Crippen LogP contribution in [0.3, 0.4) is 0 Å². The van der Waals surface area contributed by atoms with Gasteiger partial charge < -0.3 is 10.6 Å².